The van der Waals surface area contributed by atoms with Crippen LogP contribution in [-0.2, 0) is 4.79 Å². The first-order valence-corrected chi connectivity index (χ1v) is 7.67. The van der Waals surface area contributed by atoms with Crippen LogP contribution in [0.25, 0.3) is 6.08 Å². The van der Waals surface area contributed by atoms with Gasteiger partial charge in [-0.2, -0.15) is 0 Å². The number of rotatable bonds is 3. The van der Waals surface area contributed by atoms with Crippen LogP contribution in [0.4, 0.5) is 0 Å². The van der Waals surface area contributed by atoms with Gasteiger partial charge in [0.2, 0.25) is 0 Å². The van der Waals surface area contributed by atoms with Crippen LogP contribution in [0.15, 0.2) is 29.8 Å². The number of carbonyl (C=O) groups is 1. The average Bonchev–Trinajstić information content (AvgIpc) is 3.10. The molecule has 3 rings (SSSR count). The van der Waals surface area contributed by atoms with Crippen molar-refractivity contribution in [1.29, 1.82) is 0 Å². The molecule has 0 bridgehead atoms. The summed E-state index contributed by atoms with van der Waals surface area (Å²) in [6.07, 6.45) is 9.12. The zero-order chi connectivity index (χ0) is 13.9. The Morgan fingerprint density at radius 1 is 1.15 bits per heavy atom. The minimum absolute atomic E-state index is 0.290. The number of hydrogen-bond acceptors (Lipinski definition) is 2. The summed E-state index contributed by atoms with van der Waals surface area (Å²) in [6.45, 7) is 0. The molecular weight excluding hydrogens is 248 g/mol. The van der Waals surface area contributed by atoms with E-state index in [1.54, 1.807) is 7.11 Å². The first-order valence-electron chi connectivity index (χ1n) is 7.67. The van der Waals surface area contributed by atoms with Gasteiger partial charge in [0.15, 0.2) is 5.78 Å². The fraction of sp³-hybridized carbons (Fsp3) is 0.500. The number of para-hydroxylation sites is 1. The van der Waals surface area contributed by atoms with E-state index in [0.717, 1.165) is 29.7 Å². The first kappa shape index (κ1) is 13.4. The quantitative estimate of drug-likeness (QED) is 0.768. The summed E-state index contributed by atoms with van der Waals surface area (Å²) in [5, 5.41) is 0. The number of ketones is 1. The van der Waals surface area contributed by atoms with Gasteiger partial charge in [0.05, 0.1) is 7.11 Å². The molecule has 1 aromatic rings. The second-order valence-corrected chi connectivity index (χ2v) is 5.97. The monoisotopic (exact) mass is 270 g/mol. The number of carbonyl (C=O) groups excluding carboxylic acids is 1. The number of methoxy groups -OCH3 is 1. The van der Waals surface area contributed by atoms with Crippen molar-refractivity contribution in [3.05, 3.63) is 35.4 Å². The number of allylic oxidation sites excluding steroid dienone is 1. The van der Waals surface area contributed by atoms with E-state index in [9.17, 15) is 4.79 Å². The summed E-state index contributed by atoms with van der Waals surface area (Å²) in [5.74, 6) is 2.17. The highest BCUT2D eigenvalue weighted by Crippen LogP contribution is 2.41. The molecule has 0 radical (unpaired) electrons. The van der Waals surface area contributed by atoms with Gasteiger partial charge < -0.3 is 4.74 Å². The maximum Gasteiger partial charge on any atom is 0.162 e. The summed E-state index contributed by atoms with van der Waals surface area (Å²) < 4.78 is 5.36. The normalized spacial score (nSPS) is 25.6. The van der Waals surface area contributed by atoms with Crippen LogP contribution < -0.4 is 4.74 Å². The summed E-state index contributed by atoms with van der Waals surface area (Å²) in [6, 6.07) is 7.91. The molecule has 20 heavy (non-hydrogen) atoms. The minimum atomic E-state index is 0.290. The van der Waals surface area contributed by atoms with Crippen molar-refractivity contribution in [3.8, 4) is 5.75 Å². The van der Waals surface area contributed by atoms with Crippen molar-refractivity contribution in [1.82, 2.24) is 0 Å². The van der Waals surface area contributed by atoms with Crippen molar-refractivity contribution in [2.75, 3.05) is 7.11 Å². The average molecular weight is 270 g/mol. The predicted molar refractivity (Wildman–Crippen MR) is 80.7 cm³/mol. The van der Waals surface area contributed by atoms with Crippen molar-refractivity contribution < 1.29 is 9.53 Å². The van der Waals surface area contributed by atoms with Gasteiger partial charge in [-0.1, -0.05) is 31.0 Å². The lowest BCUT2D eigenvalue weighted by Gasteiger charge is -2.15. The zero-order valence-electron chi connectivity index (χ0n) is 12.1. The van der Waals surface area contributed by atoms with Crippen LogP contribution in [0.2, 0.25) is 0 Å². The minimum Gasteiger partial charge on any atom is -0.496 e. The molecule has 2 fully saturated rings. The number of ether oxygens (including phenoxy) is 1. The highest BCUT2D eigenvalue weighted by Gasteiger charge is 2.36. The van der Waals surface area contributed by atoms with Crippen LogP contribution in [0.1, 0.15) is 44.1 Å². The van der Waals surface area contributed by atoms with E-state index >= 15 is 0 Å². The lowest BCUT2D eigenvalue weighted by Crippen LogP contribution is -2.16. The molecule has 0 amide bonds. The molecule has 0 N–H and O–H groups in total. The van der Waals surface area contributed by atoms with E-state index in [4.69, 9.17) is 4.74 Å². The standard InChI is InChI=1S/C18H22O2/c1-20-17-9-5-4-8-14(17)12-15-10-11-16(18(15)19)13-6-2-3-7-13/h4-5,8-9,12-13,16H,2-3,6-7,10-11H2,1H3/b15-12+/t16-/m1/s1. The van der Waals surface area contributed by atoms with E-state index in [2.05, 4.69) is 0 Å². The Bertz CT molecular complexity index is 524. The van der Waals surface area contributed by atoms with Crippen LogP contribution in [0, 0.1) is 11.8 Å². The van der Waals surface area contributed by atoms with E-state index in [1.807, 2.05) is 30.3 Å². The Morgan fingerprint density at radius 2 is 1.90 bits per heavy atom. The van der Waals surface area contributed by atoms with Gasteiger partial charge in [-0.3, -0.25) is 4.79 Å². The summed E-state index contributed by atoms with van der Waals surface area (Å²) >= 11 is 0. The smallest absolute Gasteiger partial charge is 0.162 e. The Morgan fingerprint density at radius 3 is 2.65 bits per heavy atom. The molecule has 0 heterocycles. The van der Waals surface area contributed by atoms with Gasteiger partial charge in [0.1, 0.15) is 5.75 Å². The fourth-order valence-corrected chi connectivity index (χ4v) is 3.73. The molecule has 0 aliphatic heterocycles. The van der Waals surface area contributed by atoms with E-state index in [0.29, 0.717) is 17.6 Å². The van der Waals surface area contributed by atoms with Gasteiger partial charge >= 0.3 is 0 Å². The van der Waals surface area contributed by atoms with Crippen LogP contribution in [0.5, 0.6) is 5.75 Å². The van der Waals surface area contributed by atoms with Crippen LogP contribution in [0.3, 0.4) is 0 Å². The molecule has 0 aromatic heterocycles. The first-order chi connectivity index (χ1) is 9.79. The Labute approximate surface area is 120 Å². The molecular formula is C18H22O2. The molecule has 2 heteroatoms. The molecule has 2 nitrogen and oxygen atoms in total. The molecule has 1 aromatic carbocycles. The molecule has 2 saturated carbocycles. The third kappa shape index (κ3) is 2.52. The zero-order valence-corrected chi connectivity index (χ0v) is 12.1. The second kappa shape index (κ2) is 5.82. The van der Waals surface area contributed by atoms with Gasteiger partial charge in [-0.05, 0) is 49.3 Å². The van der Waals surface area contributed by atoms with Crippen molar-refractivity contribution in [2.45, 2.75) is 38.5 Å². The molecule has 1 atom stereocenters. The van der Waals surface area contributed by atoms with E-state index in [-0.39, 0.29) is 0 Å². The van der Waals surface area contributed by atoms with Crippen LogP contribution >= 0.6 is 0 Å². The fourth-order valence-electron chi connectivity index (χ4n) is 3.73. The van der Waals surface area contributed by atoms with Crippen molar-refractivity contribution >= 4 is 11.9 Å². The SMILES string of the molecule is COc1ccccc1/C=C1\CC[C@H](C2CCCC2)C1=O. The highest BCUT2D eigenvalue weighted by molar-refractivity contribution is 6.03. The highest BCUT2D eigenvalue weighted by atomic mass is 16.5. The van der Waals surface area contributed by atoms with Gasteiger partial charge in [-0.15, -0.1) is 0 Å². The lowest BCUT2D eigenvalue weighted by molar-refractivity contribution is -0.119. The van der Waals surface area contributed by atoms with Crippen molar-refractivity contribution in [2.24, 2.45) is 11.8 Å². The Hall–Kier alpha value is -1.57. The van der Waals surface area contributed by atoms with E-state index in [1.165, 1.54) is 25.7 Å². The maximum absolute atomic E-state index is 12.6. The van der Waals surface area contributed by atoms with Gasteiger partial charge in [0, 0.05) is 11.5 Å². The lowest BCUT2D eigenvalue weighted by atomic mass is 9.88. The molecule has 0 saturated heterocycles. The number of hydrogen-bond donors (Lipinski definition) is 0. The van der Waals surface area contributed by atoms with Crippen molar-refractivity contribution in [3.63, 3.8) is 0 Å². The second-order valence-electron chi connectivity index (χ2n) is 5.97. The largest absolute Gasteiger partial charge is 0.496 e. The van der Waals surface area contributed by atoms with Gasteiger partial charge in [-0.25, -0.2) is 0 Å². The topological polar surface area (TPSA) is 26.3 Å². The summed E-state index contributed by atoms with van der Waals surface area (Å²) in [7, 11) is 1.68. The van der Waals surface area contributed by atoms with Gasteiger partial charge in [0.25, 0.3) is 0 Å². The summed E-state index contributed by atoms with van der Waals surface area (Å²) in [4.78, 5) is 12.6. The third-order valence-corrected chi connectivity index (χ3v) is 4.82. The molecule has 106 valence electrons. The Balaban J connectivity index is 1.81. The van der Waals surface area contributed by atoms with Crippen LogP contribution in [-0.4, -0.2) is 12.9 Å². The molecule has 0 spiro atoms. The number of Topliss-reactive ketones (excluding diaryl/α,β-unsaturated/α-hetero) is 1. The summed E-state index contributed by atoms with van der Waals surface area (Å²) in [5.41, 5.74) is 2.01. The predicted octanol–water partition coefficient (Wildman–Crippen LogP) is 4.25. The molecule has 0 unspecified atom stereocenters. The maximum atomic E-state index is 12.6. The number of benzene rings is 1. The molecule has 2 aliphatic rings. The molecule has 2 aliphatic carbocycles. The third-order valence-electron chi connectivity index (χ3n) is 4.82. The Kier molecular flexibility index (Phi) is 3.90. The van der Waals surface area contributed by atoms with E-state index < -0.39 is 0 Å².